The molecule has 0 fully saturated rings. The van der Waals surface area contributed by atoms with E-state index in [2.05, 4.69) is 4.98 Å². The fourth-order valence-electron chi connectivity index (χ4n) is 0.874. The lowest BCUT2D eigenvalue weighted by molar-refractivity contribution is -0.117. The van der Waals surface area contributed by atoms with Crippen LogP contribution in [0.4, 0.5) is 0 Å². The highest BCUT2D eigenvalue weighted by molar-refractivity contribution is 5.76. The van der Waals surface area contributed by atoms with Crippen molar-refractivity contribution in [3.63, 3.8) is 0 Å². The van der Waals surface area contributed by atoms with Crippen LogP contribution in [0.1, 0.15) is 17.7 Å². The highest BCUT2D eigenvalue weighted by Crippen LogP contribution is 2.00. The Bertz CT molecular complexity index is 314. The summed E-state index contributed by atoms with van der Waals surface area (Å²) in [5.41, 5.74) is 6.93. The lowest BCUT2D eigenvalue weighted by atomic mass is 10.2. The zero-order chi connectivity index (χ0) is 9.68. The molecule has 0 aliphatic rings. The van der Waals surface area contributed by atoms with Crippen molar-refractivity contribution in [3.05, 3.63) is 35.7 Å². The van der Waals surface area contributed by atoms with Crippen LogP contribution < -0.4 is 5.73 Å². The highest BCUT2D eigenvalue weighted by Gasteiger charge is 1.89. The number of primary amides is 1. The van der Waals surface area contributed by atoms with Crippen molar-refractivity contribution >= 4 is 12.0 Å². The maximum Gasteiger partial charge on any atom is 0.221 e. The van der Waals surface area contributed by atoms with Crippen LogP contribution in [-0.4, -0.2) is 10.9 Å². The van der Waals surface area contributed by atoms with Gasteiger partial charge in [0.2, 0.25) is 5.91 Å². The average Bonchev–Trinajstić information content (AvgIpc) is 2.08. The van der Waals surface area contributed by atoms with E-state index >= 15 is 0 Å². The summed E-state index contributed by atoms with van der Waals surface area (Å²) in [5, 5.41) is 0. The van der Waals surface area contributed by atoms with Gasteiger partial charge in [-0.3, -0.25) is 9.78 Å². The van der Waals surface area contributed by atoms with Gasteiger partial charge in [0.05, 0.1) is 5.69 Å². The fraction of sp³-hybridized carbons (Fsp3) is 0.200. The average molecular weight is 176 g/mol. The minimum absolute atomic E-state index is 0.259. The molecule has 0 saturated carbocycles. The number of carbonyl (C=O) groups is 1. The summed E-state index contributed by atoms with van der Waals surface area (Å²) in [4.78, 5) is 14.5. The number of aryl methyl sites for hydroxylation is 1. The summed E-state index contributed by atoms with van der Waals surface area (Å²) in [6.45, 7) is 1.98. The number of hydrogen-bond donors (Lipinski definition) is 1. The molecule has 68 valence electrons. The molecular weight excluding hydrogens is 164 g/mol. The molecule has 0 aliphatic carbocycles. The number of carbonyl (C=O) groups excluding carboxylic acids is 1. The van der Waals surface area contributed by atoms with Gasteiger partial charge in [-0.05, 0) is 24.6 Å². The van der Waals surface area contributed by atoms with Crippen LogP contribution in [0, 0.1) is 6.92 Å². The Morgan fingerprint density at radius 3 is 2.92 bits per heavy atom. The number of rotatable bonds is 3. The number of nitrogens with zero attached hydrogens (tertiary/aromatic N) is 1. The number of amides is 1. The molecule has 0 saturated heterocycles. The number of pyridine rings is 1. The standard InChI is InChI=1S/C10H12N2O/c1-8-5-6-9(12-7-8)3-2-4-10(11)13/h2-3,5-7H,4H2,1H3,(H2,11,13). The Hall–Kier alpha value is -1.64. The van der Waals surface area contributed by atoms with E-state index in [-0.39, 0.29) is 12.3 Å². The van der Waals surface area contributed by atoms with E-state index < -0.39 is 0 Å². The third-order valence-electron chi connectivity index (χ3n) is 1.54. The van der Waals surface area contributed by atoms with Gasteiger partial charge in [0.1, 0.15) is 0 Å². The van der Waals surface area contributed by atoms with Crippen LogP contribution in [0.3, 0.4) is 0 Å². The van der Waals surface area contributed by atoms with E-state index in [9.17, 15) is 4.79 Å². The van der Waals surface area contributed by atoms with E-state index in [1.807, 2.05) is 19.1 Å². The second-order valence-electron chi connectivity index (χ2n) is 2.83. The molecule has 2 N–H and O–H groups in total. The van der Waals surface area contributed by atoms with Crippen LogP contribution in [0.5, 0.6) is 0 Å². The molecule has 3 nitrogen and oxygen atoms in total. The van der Waals surface area contributed by atoms with Crippen molar-refractivity contribution in [3.8, 4) is 0 Å². The van der Waals surface area contributed by atoms with Crippen molar-refractivity contribution in [1.82, 2.24) is 4.98 Å². The Morgan fingerprint density at radius 2 is 2.38 bits per heavy atom. The van der Waals surface area contributed by atoms with Gasteiger partial charge in [-0.15, -0.1) is 0 Å². The van der Waals surface area contributed by atoms with Crippen molar-refractivity contribution in [2.75, 3.05) is 0 Å². The molecule has 1 rings (SSSR count). The van der Waals surface area contributed by atoms with Crippen molar-refractivity contribution in [1.29, 1.82) is 0 Å². The Kier molecular flexibility index (Phi) is 3.20. The molecule has 3 heteroatoms. The predicted molar refractivity (Wildman–Crippen MR) is 51.8 cm³/mol. The molecule has 13 heavy (non-hydrogen) atoms. The molecule has 0 unspecified atom stereocenters. The first kappa shape index (κ1) is 9.45. The maximum absolute atomic E-state index is 10.4. The van der Waals surface area contributed by atoms with Crippen LogP contribution in [0.15, 0.2) is 24.4 Å². The number of nitrogens with two attached hydrogens (primary N) is 1. The molecule has 1 aromatic heterocycles. The Labute approximate surface area is 77.3 Å². The summed E-state index contributed by atoms with van der Waals surface area (Å²) in [5.74, 6) is -0.330. The quantitative estimate of drug-likeness (QED) is 0.754. The van der Waals surface area contributed by atoms with Crippen LogP contribution in [0.2, 0.25) is 0 Å². The summed E-state index contributed by atoms with van der Waals surface area (Å²) in [7, 11) is 0. The van der Waals surface area contributed by atoms with Gasteiger partial charge >= 0.3 is 0 Å². The smallest absolute Gasteiger partial charge is 0.221 e. The van der Waals surface area contributed by atoms with Gasteiger partial charge in [0.25, 0.3) is 0 Å². The fourth-order valence-corrected chi connectivity index (χ4v) is 0.874. The van der Waals surface area contributed by atoms with E-state index in [0.717, 1.165) is 11.3 Å². The van der Waals surface area contributed by atoms with E-state index in [1.165, 1.54) is 0 Å². The van der Waals surface area contributed by atoms with Crippen molar-refractivity contribution in [2.24, 2.45) is 5.73 Å². The van der Waals surface area contributed by atoms with Gasteiger partial charge in [-0.25, -0.2) is 0 Å². The summed E-state index contributed by atoms with van der Waals surface area (Å²) in [6.07, 6.45) is 5.53. The molecule has 1 aromatic rings. The van der Waals surface area contributed by atoms with Crippen LogP contribution >= 0.6 is 0 Å². The van der Waals surface area contributed by atoms with Gasteiger partial charge in [0, 0.05) is 12.6 Å². The first-order chi connectivity index (χ1) is 6.18. The lowest BCUT2D eigenvalue weighted by Gasteiger charge is -1.92. The van der Waals surface area contributed by atoms with Crippen molar-refractivity contribution in [2.45, 2.75) is 13.3 Å². The third kappa shape index (κ3) is 3.51. The van der Waals surface area contributed by atoms with Gasteiger partial charge in [-0.1, -0.05) is 12.1 Å². The first-order valence-corrected chi connectivity index (χ1v) is 4.06. The summed E-state index contributed by atoms with van der Waals surface area (Å²) < 4.78 is 0. The van der Waals surface area contributed by atoms with E-state index in [0.29, 0.717) is 0 Å². The zero-order valence-corrected chi connectivity index (χ0v) is 7.53. The number of hydrogen-bond acceptors (Lipinski definition) is 2. The number of aromatic nitrogens is 1. The van der Waals surface area contributed by atoms with Crippen LogP contribution in [-0.2, 0) is 4.79 Å². The highest BCUT2D eigenvalue weighted by atomic mass is 16.1. The minimum atomic E-state index is -0.330. The maximum atomic E-state index is 10.4. The van der Waals surface area contributed by atoms with Gasteiger partial charge < -0.3 is 5.73 Å². The summed E-state index contributed by atoms with van der Waals surface area (Å²) >= 11 is 0. The predicted octanol–water partition coefficient (Wildman–Crippen LogP) is 1.28. The molecule has 0 bridgehead atoms. The third-order valence-corrected chi connectivity index (χ3v) is 1.54. The first-order valence-electron chi connectivity index (χ1n) is 4.06. The Balaban J connectivity index is 2.59. The molecule has 0 aliphatic heterocycles. The zero-order valence-electron chi connectivity index (χ0n) is 7.53. The molecule has 0 atom stereocenters. The topological polar surface area (TPSA) is 56.0 Å². The molecule has 0 spiro atoms. The second kappa shape index (κ2) is 4.40. The molecule has 0 aromatic carbocycles. The molecule has 0 radical (unpaired) electrons. The Morgan fingerprint density at radius 1 is 1.62 bits per heavy atom. The molecular formula is C10H12N2O. The van der Waals surface area contributed by atoms with Crippen molar-refractivity contribution < 1.29 is 4.79 Å². The lowest BCUT2D eigenvalue weighted by Crippen LogP contribution is -2.07. The van der Waals surface area contributed by atoms with E-state index in [1.54, 1.807) is 18.3 Å². The van der Waals surface area contributed by atoms with Crippen LogP contribution in [0.25, 0.3) is 6.08 Å². The molecule has 1 heterocycles. The minimum Gasteiger partial charge on any atom is -0.369 e. The largest absolute Gasteiger partial charge is 0.369 e. The second-order valence-corrected chi connectivity index (χ2v) is 2.83. The molecule has 1 amide bonds. The van der Waals surface area contributed by atoms with Gasteiger partial charge in [0.15, 0.2) is 0 Å². The monoisotopic (exact) mass is 176 g/mol. The summed E-state index contributed by atoms with van der Waals surface area (Å²) in [6, 6.07) is 3.86. The van der Waals surface area contributed by atoms with Gasteiger partial charge in [-0.2, -0.15) is 0 Å². The SMILES string of the molecule is Cc1ccc(C=CCC(N)=O)nc1. The normalized spacial score (nSPS) is 10.5. The van der Waals surface area contributed by atoms with E-state index in [4.69, 9.17) is 5.73 Å².